The number of alkyl halides is 6. The number of rotatable bonds is 5. The summed E-state index contributed by atoms with van der Waals surface area (Å²) in [5, 5.41) is 2.02. The molecule has 1 N–H and O–H groups in total. The van der Waals surface area contributed by atoms with Crippen molar-refractivity contribution < 1.29 is 40.7 Å². The minimum atomic E-state index is -5.00. The van der Waals surface area contributed by atoms with Crippen LogP contribution in [0.25, 0.3) is 0 Å². The molecule has 5 nitrogen and oxygen atoms in total. The van der Waals surface area contributed by atoms with Gasteiger partial charge in [-0.1, -0.05) is 23.9 Å². The number of halogens is 6. The Balaban J connectivity index is 1.69. The van der Waals surface area contributed by atoms with Gasteiger partial charge in [-0.25, -0.2) is 0 Å². The molecule has 0 bridgehead atoms. The van der Waals surface area contributed by atoms with Crippen molar-refractivity contribution >= 4 is 34.5 Å². The van der Waals surface area contributed by atoms with Crippen molar-refractivity contribution in [1.82, 2.24) is 4.90 Å². The Morgan fingerprint density at radius 1 is 0.906 bits per heavy atom. The quantitative estimate of drug-likeness (QED) is 0.610. The summed E-state index contributed by atoms with van der Waals surface area (Å²) < 4.78 is 77.6. The molecule has 0 atom stereocenters. The van der Waals surface area contributed by atoms with E-state index < -0.39 is 41.4 Å². The zero-order valence-electron chi connectivity index (χ0n) is 16.0. The highest BCUT2D eigenvalue weighted by molar-refractivity contribution is 8.14. The van der Waals surface area contributed by atoms with E-state index in [0.29, 0.717) is 17.7 Å². The summed E-state index contributed by atoms with van der Waals surface area (Å²) in [6.45, 7) is 0.0450. The molecular weight excluding hydrogens is 462 g/mol. The minimum absolute atomic E-state index is 0.00546. The standard InChI is InChI=1S/C20H14F6N2O3S/c21-19(22,23)13-5-12(6-14(8-13)20(24,25)26)7-16(29)27-15-3-1-11(2-4-15)9-28-17(30)10-32-18(28)31/h1-6,8H,7,9-10H2,(H,27,29). The van der Waals surface area contributed by atoms with Crippen molar-refractivity contribution in [3.63, 3.8) is 0 Å². The SMILES string of the molecule is O=C(Cc1cc(C(F)(F)F)cc(C(F)(F)F)c1)Nc1ccc(CN2C(=O)CSC2=O)cc1. The van der Waals surface area contributed by atoms with Gasteiger partial charge < -0.3 is 5.32 Å². The van der Waals surface area contributed by atoms with Gasteiger partial charge in [0.1, 0.15) is 0 Å². The van der Waals surface area contributed by atoms with Crippen LogP contribution in [0.5, 0.6) is 0 Å². The van der Waals surface area contributed by atoms with Gasteiger partial charge in [0.25, 0.3) is 5.24 Å². The molecule has 170 valence electrons. The minimum Gasteiger partial charge on any atom is -0.326 e. The molecule has 1 aliphatic heterocycles. The molecular formula is C20H14F6N2O3S. The van der Waals surface area contributed by atoms with E-state index in [0.717, 1.165) is 16.7 Å². The number of benzene rings is 2. The number of hydrogen-bond donors (Lipinski definition) is 1. The van der Waals surface area contributed by atoms with Crippen molar-refractivity contribution in [2.75, 3.05) is 11.1 Å². The third-order valence-electron chi connectivity index (χ3n) is 4.43. The fraction of sp³-hybridized carbons (Fsp3) is 0.250. The third-order valence-corrected chi connectivity index (χ3v) is 5.29. The van der Waals surface area contributed by atoms with E-state index >= 15 is 0 Å². The van der Waals surface area contributed by atoms with Gasteiger partial charge in [-0.05, 0) is 41.5 Å². The Morgan fingerprint density at radius 3 is 1.94 bits per heavy atom. The van der Waals surface area contributed by atoms with Gasteiger partial charge in [-0.15, -0.1) is 0 Å². The van der Waals surface area contributed by atoms with Gasteiger partial charge in [0.2, 0.25) is 11.8 Å². The van der Waals surface area contributed by atoms with Crippen molar-refractivity contribution in [3.8, 4) is 0 Å². The molecule has 1 saturated heterocycles. The number of nitrogens with zero attached hydrogens (tertiary/aromatic N) is 1. The van der Waals surface area contributed by atoms with E-state index in [4.69, 9.17) is 0 Å². The predicted molar refractivity (Wildman–Crippen MR) is 104 cm³/mol. The van der Waals surface area contributed by atoms with Gasteiger partial charge in [0.05, 0.1) is 29.8 Å². The molecule has 32 heavy (non-hydrogen) atoms. The lowest BCUT2D eigenvalue weighted by Crippen LogP contribution is -2.27. The van der Waals surface area contributed by atoms with Crippen LogP contribution in [0.3, 0.4) is 0 Å². The Kier molecular flexibility index (Phi) is 6.54. The molecule has 0 aliphatic carbocycles. The van der Waals surface area contributed by atoms with Crippen LogP contribution < -0.4 is 5.32 Å². The Hall–Kier alpha value is -3.02. The molecule has 0 spiro atoms. The molecule has 0 unspecified atom stereocenters. The van der Waals surface area contributed by atoms with Crippen LogP contribution in [-0.4, -0.2) is 27.7 Å². The average molecular weight is 476 g/mol. The molecule has 12 heteroatoms. The highest BCUT2D eigenvalue weighted by Gasteiger charge is 2.37. The number of thioether (sulfide) groups is 1. The lowest BCUT2D eigenvalue weighted by atomic mass is 10.0. The number of carbonyl (C=O) groups is 3. The Morgan fingerprint density at radius 2 is 1.47 bits per heavy atom. The molecule has 0 radical (unpaired) electrons. The number of amides is 3. The van der Waals surface area contributed by atoms with Crippen LogP contribution in [-0.2, 0) is 34.9 Å². The smallest absolute Gasteiger partial charge is 0.326 e. The van der Waals surface area contributed by atoms with Crippen molar-refractivity contribution in [2.24, 2.45) is 0 Å². The maximum Gasteiger partial charge on any atom is 0.416 e. The van der Waals surface area contributed by atoms with E-state index in [2.05, 4.69) is 5.32 Å². The van der Waals surface area contributed by atoms with Gasteiger partial charge in [-0.3, -0.25) is 19.3 Å². The number of nitrogens with one attached hydrogen (secondary N) is 1. The highest BCUT2D eigenvalue weighted by Crippen LogP contribution is 2.36. The first-order valence-electron chi connectivity index (χ1n) is 8.97. The fourth-order valence-electron chi connectivity index (χ4n) is 2.92. The first-order chi connectivity index (χ1) is 14.8. The molecule has 2 aromatic carbocycles. The molecule has 1 fully saturated rings. The number of imide groups is 1. The summed E-state index contributed by atoms with van der Waals surface area (Å²) in [5.74, 6) is -1.07. The second-order valence-corrected chi connectivity index (χ2v) is 7.80. The monoisotopic (exact) mass is 476 g/mol. The lowest BCUT2D eigenvalue weighted by molar-refractivity contribution is -0.143. The van der Waals surface area contributed by atoms with E-state index in [1.807, 2.05) is 0 Å². The summed E-state index contributed by atoms with van der Waals surface area (Å²) in [7, 11) is 0. The second-order valence-electron chi connectivity index (χ2n) is 6.87. The summed E-state index contributed by atoms with van der Waals surface area (Å²) >= 11 is 0.890. The summed E-state index contributed by atoms with van der Waals surface area (Å²) in [4.78, 5) is 36.5. The van der Waals surface area contributed by atoms with Crippen molar-refractivity contribution in [1.29, 1.82) is 0 Å². The lowest BCUT2D eigenvalue weighted by Gasteiger charge is -2.15. The zero-order chi connectivity index (χ0) is 23.7. The normalized spacial score (nSPS) is 14.8. The summed E-state index contributed by atoms with van der Waals surface area (Å²) in [6.07, 6.45) is -10.7. The van der Waals surface area contributed by atoms with E-state index in [1.165, 1.54) is 24.3 Å². The summed E-state index contributed by atoms with van der Waals surface area (Å²) in [6, 6.07) is 6.95. The second kappa shape index (κ2) is 8.85. The van der Waals surface area contributed by atoms with E-state index in [-0.39, 0.29) is 35.2 Å². The molecule has 0 saturated carbocycles. The molecule has 1 heterocycles. The van der Waals surface area contributed by atoms with Crippen LogP contribution in [0, 0.1) is 0 Å². The average Bonchev–Trinajstić information content (AvgIpc) is 3.00. The van der Waals surface area contributed by atoms with Crippen LogP contribution in [0.4, 0.5) is 36.8 Å². The fourth-order valence-corrected chi connectivity index (χ4v) is 3.65. The van der Waals surface area contributed by atoms with Crippen molar-refractivity contribution in [2.45, 2.75) is 25.3 Å². The van der Waals surface area contributed by atoms with Gasteiger partial charge >= 0.3 is 12.4 Å². The molecule has 3 amide bonds. The Bertz CT molecular complexity index is 1000. The largest absolute Gasteiger partial charge is 0.416 e. The molecule has 0 aromatic heterocycles. The maximum atomic E-state index is 12.9. The Labute approximate surface area is 181 Å². The number of anilines is 1. The zero-order valence-corrected chi connectivity index (χ0v) is 16.8. The molecule has 1 aliphatic rings. The predicted octanol–water partition coefficient (Wildman–Crippen LogP) is 5.10. The number of carbonyl (C=O) groups excluding carboxylic acids is 3. The van der Waals surface area contributed by atoms with E-state index in [9.17, 15) is 40.7 Å². The first-order valence-corrected chi connectivity index (χ1v) is 9.96. The van der Waals surface area contributed by atoms with Crippen LogP contribution in [0.2, 0.25) is 0 Å². The number of hydrogen-bond acceptors (Lipinski definition) is 4. The van der Waals surface area contributed by atoms with Crippen LogP contribution in [0.1, 0.15) is 22.3 Å². The molecule has 2 aromatic rings. The topological polar surface area (TPSA) is 66.5 Å². The molecule has 3 rings (SSSR count). The first kappa shape index (κ1) is 23.6. The van der Waals surface area contributed by atoms with Crippen LogP contribution >= 0.6 is 11.8 Å². The van der Waals surface area contributed by atoms with E-state index in [1.54, 1.807) is 0 Å². The van der Waals surface area contributed by atoms with Gasteiger partial charge in [-0.2, -0.15) is 26.3 Å². The highest BCUT2D eigenvalue weighted by atomic mass is 32.2. The maximum absolute atomic E-state index is 12.9. The van der Waals surface area contributed by atoms with Gasteiger partial charge in [0, 0.05) is 5.69 Å². The third kappa shape index (κ3) is 5.81. The van der Waals surface area contributed by atoms with Crippen LogP contribution in [0.15, 0.2) is 42.5 Å². The summed E-state index contributed by atoms with van der Waals surface area (Å²) in [5.41, 5.74) is -2.59. The van der Waals surface area contributed by atoms with Crippen molar-refractivity contribution in [3.05, 3.63) is 64.7 Å². The van der Waals surface area contributed by atoms with Gasteiger partial charge in [0.15, 0.2) is 0 Å².